The maximum absolute atomic E-state index is 11.8. The molecule has 1 aromatic rings. The van der Waals surface area contributed by atoms with Crippen LogP contribution in [0.4, 0.5) is 4.79 Å². The number of hydrogen-bond donors (Lipinski definition) is 3. The number of benzene rings is 1. The van der Waals surface area contributed by atoms with Crippen LogP contribution >= 0.6 is 11.8 Å². The summed E-state index contributed by atoms with van der Waals surface area (Å²) in [6.45, 7) is 1.72. The van der Waals surface area contributed by atoms with E-state index in [4.69, 9.17) is 0 Å². The summed E-state index contributed by atoms with van der Waals surface area (Å²) in [5.74, 6) is 0.0708. The summed E-state index contributed by atoms with van der Waals surface area (Å²) in [4.78, 5) is 23.3. The third kappa shape index (κ3) is 5.40. The van der Waals surface area contributed by atoms with Gasteiger partial charge in [-0.1, -0.05) is 30.3 Å². The number of carbonyl (C=O) groups excluding carboxylic acids is 2. The molecular formula is C15H20N2O3S. The fourth-order valence-electron chi connectivity index (χ4n) is 1.75. The summed E-state index contributed by atoms with van der Waals surface area (Å²) in [5.41, 5.74) is 0.823. The number of rotatable bonds is 6. The molecule has 0 aliphatic heterocycles. The molecule has 3 amide bonds. The van der Waals surface area contributed by atoms with Gasteiger partial charge in [0.25, 0.3) is 0 Å². The molecule has 1 saturated carbocycles. The molecule has 5 nitrogen and oxygen atoms in total. The highest BCUT2D eigenvalue weighted by Crippen LogP contribution is 2.21. The average Bonchev–Trinajstić information content (AvgIpc) is 3.28. The lowest BCUT2D eigenvalue weighted by molar-refractivity contribution is -0.119. The topological polar surface area (TPSA) is 78.4 Å². The predicted octanol–water partition coefficient (Wildman–Crippen LogP) is 1.83. The standard InChI is InChI=1S/C15H20N2O3S/c1-10(14(19)17-15(20)16-12-7-8-12)21-9-13(18)11-5-3-2-4-6-11/h2-6,10,12-13,18H,7-9H2,1H3,(H2,16,17,19,20)/t10-,13+/m1/s1. The Kier molecular flexibility index (Phi) is 5.64. The van der Waals surface area contributed by atoms with Crippen molar-refractivity contribution in [3.8, 4) is 0 Å². The number of carbonyl (C=O) groups is 2. The molecule has 0 unspecified atom stereocenters. The second-order valence-corrected chi connectivity index (χ2v) is 6.51. The first kappa shape index (κ1) is 15.9. The molecule has 0 spiro atoms. The zero-order valence-electron chi connectivity index (χ0n) is 11.9. The largest absolute Gasteiger partial charge is 0.388 e. The van der Waals surface area contributed by atoms with E-state index in [1.807, 2.05) is 30.3 Å². The molecule has 2 rings (SSSR count). The molecule has 6 heteroatoms. The van der Waals surface area contributed by atoms with Crippen LogP contribution < -0.4 is 10.6 Å². The number of nitrogens with one attached hydrogen (secondary N) is 2. The quantitative estimate of drug-likeness (QED) is 0.749. The van der Waals surface area contributed by atoms with Crippen LogP contribution in [0.25, 0.3) is 0 Å². The third-order valence-corrected chi connectivity index (χ3v) is 4.43. The summed E-state index contributed by atoms with van der Waals surface area (Å²) in [6, 6.07) is 9.10. The average molecular weight is 308 g/mol. The minimum absolute atomic E-state index is 0.223. The molecule has 0 radical (unpaired) electrons. The van der Waals surface area contributed by atoms with Crippen molar-refractivity contribution in [3.05, 3.63) is 35.9 Å². The number of aliphatic hydroxyl groups excluding tert-OH is 1. The SMILES string of the molecule is C[C@@H](SC[C@H](O)c1ccccc1)C(=O)NC(=O)NC1CC1. The van der Waals surface area contributed by atoms with Gasteiger partial charge >= 0.3 is 6.03 Å². The molecular weight excluding hydrogens is 288 g/mol. The monoisotopic (exact) mass is 308 g/mol. The number of thioether (sulfide) groups is 1. The van der Waals surface area contributed by atoms with Gasteiger partial charge < -0.3 is 10.4 Å². The van der Waals surface area contributed by atoms with Gasteiger partial charge in [-0.15, -0.1) is 11.8 Å². The van der Waals surface area contributed by atoms with Gasteiger partial charge in [0.05, 0.1) is 11.4 Å². The lowest BCUT2D eigenvalue weighted by atomic mass is 10.1. The Balaban J connectivity index is 1.71. The van der Waals surface area contributed by atoms with Crippen molar-refractivity contribution >= 4 is 23.7 Å². The number of amides is 3. The van der Waals surface area contributed by atoms with Crippen molar-refractivity contribution in [2.24, 2.45) is 0 Å². The van der Waals surface area contributed by atoms with Crippen molar-refractivity contribution in [2.75, 3.05) is 5.75 Å². The predicted molar refractivity (Wildman–Crippen MR) is 83.0 cm³/mol. The molecule has 3 N–H and O–H groups in total. The fourth-order valence-corrected chi connectivity index (χ4v) is 2.62. The Hall–Kier alpha value is -1.53. The molecule has 2 atom stereocenters. The highest BCUT2D eigenvalue weighted by atomic mass is 32.2. The van der Waals surface area contributed by atoms with Gasteiger partial charge in [0.2, 0.25) is 5.91 Å². The molecule has 1 fully saturated rings. The Bertz CT molecular complexity index is 491. The van der Waals surface area contributed by atoms with Gasteiger partial charge in [0, 0.05) is 11.8 Å². The van der Waals surface area contributed by atoms with E-state index in [9.17, 15) is 14.7 Å². The number of hydrogen-bond acceptors (Lipinski definition) is 4. The normalized spacial score (nSPS) is 16.9. The van der Waals surface area contributed by atoms with E-state index in [1.165, 1.54) is 11.8 Å². The molecule has 0 heterocycles. The lowest BCUT2D eigenvalue weighted by Gasteiger charge is -2.15. The van der Waals surface area contributed by atoms with Crippen LogP contribution in [0.5, 0.6) is 0 Å². The van der Waals surface area contributed by atoms with Gasteiger partial charge in [-0.05, 0) is 25.3 Å². The van der Waals surface area contributed by atoms with Crippen molar-refractivity contribution in [2.45, 2.75) is 37.2 Å². The summed E-state index contributed by atoms with van der Waals surface area (Å²) in [5, 5.41) is 14.7. The number of urea groups is 1. The van der Waals surface area contributed by atoms with Crippen molar-refractivity contribution < 1.29 is 14.7 Å². The highest BCUT2D eigenvalue weighted by Gasteiger charge is 2.25. The van der Waals surface area contributed by atoms with Crippen LogP contribution in [-0.2, 0) is 4.79 Å². The molecule has 1 aliphatic carbocycles. The van der Waals surface area contributed by atoms with Crippen LogP contribution in [-0.4, -0.2) is 34.1 Å². The Morgan fingerprint density at radius 2 is 2.00 bits per heavy atom. The Morgan fingerprint density at radius 3 is 2.62 bits per heavy atom. The molecule has 1 aliphatic rings. The Morgan fingerprint density at radius 1 is 1.33 bits per heavy atom. The zero-order valence-corrected chi connectivity index (χ0v) is 12.7. The van der Waals surface area contributed by atoms with E-state index in [-0.39, 0.29) is 11.9 Å². The third-order valence-electron chi connectivity index (χ3n) is 3.21. The molecule has 0 aromatic heterocycles. The van der Waals surface area contributed by atoms with E-state index in [0.29, 0.717) is 5.75 Å². The molecule has 114 valence electrons. The smallest absolute Gasteiger partial charge is 0.321 e. The maximum atomic E-state index is 11.8. The van der Waals surface area contributed by atoms with E-state index < -0.39 is 17.4 Å². The van der Waals surface area contributed by atoms with E-state index in [1.54, 1.807) is 6.92 Å². The maximum Gasteiger partial charge on any atom is 0.321 e. The molecule has 1 aromatic carbocycles. The first-order valence-corrected chi connectivity index (χ1v) is 8.07. The minimum Gasteiger partial charge on any atom is -0.388 e. The summed E-state index contributed by atoms with van der Waals surface area (Å²) in [7, 11) is 0. The van der Waals surface area contributed by atoms with E-state index in [2.05, 4.69) is 10.6 Å². The van der Waals surface area contributed by atoms with Crippen molar-refractivity contribution in [1.82, 2.24) is 10.6 Å². The van der Waals surface area contributed by atoms with Gasteiger partial charge in [0.15, 0.2) is 0 Å². The van der Waals surface area contributed by atoms with Crippen molar-refractivity contribution in [1.29, 1.82) is 0 Å². The van der Waals surface area contributed by atoms with Crippen LogP contribution in [0, 0.1) is 0 Å². The first-order valence-electron chi connectivity index (χ1n) is 7.02. The molecule has 21 heavy (non-hydrogen) atoms. The molecule has 0 bridgehead atoms. The van der Waals surface area contributed by atoms with Gasteiger partial charge in [0.1, 0.15) is 0 Å². The van der Waals surface area contributed by atoms with Crippen LogP contribution in [0.3, 0.4) is 0 Å². The number of aliphatic hydroxyl groups is 1. The summed E-state index contributed by atoms with van der Waals surface area (Å²) >= 11 is 1.32. The lowest BCUT2D eigenvalue weighted by Crippen LogP contribution is -2.43. The van der Waals surface area contributed by atoms with Crippen LogP contribution in [0.1, 0.15) is 31.4 Å². The van der Waals surface area contributed by atoms with E-state index >= 15 is 0 Å². The number of imide groups is 1. The fraction of sp³-hybridized carbons (Fsp3) is 0.467. The second kappa shape index (κ2) is 7.47. The summed E-state index contributed by atoms with van der Waals surface area (Å²) < 4.78 is 0. The van der Waals surface area contributed by atoms with Gasteiger partial charge in [-0.25, -0.2) is 4.79 Å². The molecule has 0 saturated heterocycles. The second-order valence-electron chi connectivity index (χ2n) is 5.14. The zero-order chi connectivity index (χ0) is 15.2. The van der Waals surface area contributed by atoms with Crippen LogP contribution in [0.2, 0.25) is 0 Å². The minimum atomic E-state index is -0.619. The first-order chi connectivity index (χ1) is 10.1. The van der Waals surface area contributed by atoms with Gasteiger partial charge in [-0.2, -0.15) is 0 Å². The Labute approximate surface area is 128 Å². The van der Waals surface area contributed by atoms with E-state index in [0.717, 1.165) is 18.4 Å². The van der Waals surface area contributed by atoms with Crippen molar-refractivity contribution in [3.63, 3.8) is 0 Å². The van der Waals surface area contributed by atoms with Gasteiger partial charge in [-0.3, -0.25) is 10.1 Å². The highest BCUT2D eigenvalue weighted by molar-refractivity contribution is 8.00. The van der Waals surface area contributed by atoms with Crippen LogP contribution in [0.15, 0.2) is 30.3 Å². The summed E-state index contributed by atoms with van der Waals surface area (Å²) in [6.07, 6.45) is 1.34.